The van der Waals surface area contributed by atoms with Crippen LogP contribution in [0.15, 0.2) is 11.6 Å². The molecule has 0 aromatic rings. The molecule has 3 nitrogen and oxygen atoms in total. The third-order valence-corrected chi connectivity index (χ3v) is 15.7. The summed E-state index contributed by atoms with van der Waals surface area (Å²) in [5.41, 5.74) is 1.23. The molecule has 27 heavy (non-hydrogen) atoms. The van der Waals surface area contributed by atoms with Crippen LogP contribution in [0.3, 0.4) is 0 Å². The molecule has 0 aromatic heterocycles. The maximum atomic E-state index is 12.6. The van der Waals surface area contributed by atoms with Crippen molar-refractivity contribution in [2.45, 2.75) is 123 Å². The van der Waals surface area contributed by atoms with E-state index in [2.05, 4.69) is 80.7 Å². The standard InChI is InChI=1S/C22H44O3Si2/c1-12-13-14-18-19(24-26(8,9)21(2,3)4)15-17(23)16-20(18)25-27(10,11)22(5,6)7/h14,19-20H,12-13,15-16H2,1-11H3/t19-,20-/m1/s1. The molecule has 5 heteroatoms. The molecule has 0 amide bonds. The van der Waals surface area contributed by atoms with Crippen molar-refractivity contribution in [2.75, 3.05) is 0 Å². The molecule has 1 aliphatic rings. The summed E-state index contributed by atoms with van der Waals surface area (Å²) in [6.45, 7) is 24.8. The van der Waals surface area contributed by atoms with Crippen molar-refractivity contribution in [3.05, 3.63) is 11.6 Å². The van der Waals surface area contributed by atoms with E-state index in [1.165, 1.54) is 5.57 Å². The Bertz CT molecular complexity index is 509. The van der Waals surface area contributed by atoms with Gasteiger partial charge >= 0.3 is 0 Å². The zero-order valence-electron chi connectivity index (χ0n) is 19.8. The molecule has 0 heterocycles. The summed E-state index contributed by atoms with van der Waals surface area (Å²) in [6.07, 6.45) is 5.18. The predicted molar refractivity (Wildman–Crippen MR) is 121 cm³/mol. The van der Waals surface area contributed by atoms with Gasteiger partial charge in [0.2, 0.25) is 0 Å². The van der Waals surface area contributed by atoms with Gasteiger partial charge in [0, 0.05) is 12.8 Å². The lowest BCUT2D eigenvalue weighted by atomic mass is 9.88. The highest BCUT2D eigenvalue weighted by molar-refractivity contribution is 6.74. The quantitative estimate of drug-likeness (QED) is 0.353. The highest BCUT2D eigenvalue weighted by Gasteiger charge is 2.46. The van der Waals surface area contributed by atoms with Crippen molar-refractivity contribution in [1.29, 1.82) is 0 Å². The van der Waals surface area contributed by atoms with Crippen LogP contribution in [0.25, 0.3) is 0 Å². The van der Waals surface area contributed by atoms with Crippen molar-refractivity contribution >= 4 is 22.4 Å². The fourth-order valence-corrected chi connectivity index (χ4v) is 5.37. The second-order valence-corrected chi connectivity index (χ2v) is 20.7. The molecular formula is C22H44O3Si2. The molecule has 0 spiro atoms. The van der Waals surface area contributed by atoms with Gasteiger partial charge in [-0.3, -0.25) is 4.79 Å². The summed E-state index contributed by atoms with van der Waals surface area (Å²) in [7, 11) is -3.93. The van der Waals surface area contributed by atoms with Gasteiger partial charge in [0.15, 0.2) is 16.6 Å². The maximum absolute atomic E-state index is 12.6. The fourth-order valence-electron chi connectivity index (χ4n) is 2.80. The Labute approximate surface area is 170 Å². The number of Topliss-reactive ketones (excluding diaryl/α,β-unsaturated/α-hetero) is 1. The first-order valence-electron chi connectivity index (χ1n) is 10.6. The fraction of sp³-hybridized carbons (Fsp3) is 0.864. The third-order valence-electron chi connectivity index (χ3n) is 6.72. The lowest BCUT2D eigenvalue weighted by Gasteiger charge is -2.45. The van der Waals surface area contributed by atoms with E-state index in [0.29, 0.717) is 12.8 Å². The van der Waals surface area contributed by atoms with E-state index in [9.17, 15) is 4.79 Å². The summed E-state index contributed by atoms with van der Waals surface area (Å²) in [5, 5.41) is 0.248. The Kier molecular flexibility index (Phi) is 7.94. The van der Waals surface area contributed by atoms with Gasteiger partial charge < -0.3 is 8.85 Å². The van der Waals surface area contributed by atoms with Crippen LogP contribution in [-0.4, -0.2) is 34.6 Å². The first-order valence-corrected chi connectivity index (χ1v) is 16.4. The Morgan fingerprint density at radius 2 is 1.26 bits per heavy atom. The molecule has 0 saturated heterocycles. The average molecular weight is 413 g/mol. The number of allylic oxidation sites excluding steroid dienone is 1. The van der Waals surface area contributed by atoms with Crippen LogP contribution in [0.4, 0.5) is 0 Å². The maximum Gasteiger partial charge on any atom is 0.192 e. The molecule has 1 fully saturated rings. The Morgan fingerprint density at radius 1 is 0.889 bits per heavy atom. The first kappa shape index (κ1) is 24.8. The molecule has 1 rings (SSSR count). The smallest absolute Gasteiger partial charge is 0.192 e. The average Bonchev–Trinajstić information content (AvgIpc) is 2.43. The molecule has 2 atom stereocenters. The Morgan fingerprint density at radius 3 is 1.56 bits per heavy atom. The largest absolute Gasteiger partial charge is 0.410 e. The highest BCUT2D eigenvalue weighted by Crippen LogP contribution is 2.43. The second kappa shape index (κ2) is 8.64. The minimum absolute atomic E-state index is 0.117. The molecule has 158 valence electrons. The predicted octanol–water partition coefficient (Wildman–Crippen LogP) is 6.86. The lowest BCUT2D eigenvalue weighted by molar-refractivity contribution is -0.123. The van der Waals surface area contributed by atoms with E-state index in [4.69, 9.17) is 8.85 Å². The second-order valence-electron chi connectivity index (χ2n) is 11.2. The highest BCUT2D eigenvalue weighted by atomic mass is 28.4. The molecule has 0 aromatic carbocycles. The van der Waals surface area contributed by atoms with Crippen molar-refractivity contribution in [3.63, 3.8) is 0 Å². The van der Waals surface area contributed by atoms with Gasteiger partial charge in [0.1, 0.15) is 5.78 Å². The van der Waals surface area contributed by atoms with Crippen molar-refractivity contribution in [3.8, 4) is 0 Å². The molecule has 0 N–H and O–H groups in total. The van der Waals surface area contributed by atoms with Crippen LogP contribution in [0.1, 0.15) is 74.1 Å². The minimum atomic E-state index is -1.97. The Hall–Kier alpha value is -0.236. The third kappa shape index (κ3) is 6.38. The number of hydrogen-bond donors (Lipinski definition) is 0. The summed E-state index contributed by atoms with van der Waals surface area (Å²) >= 11 is 0. The van der Waals surface area contributed by atoms with Gasteiger partial charge in [0.25, 0.3) is 0 Å². The van der Waals surface area contributed by atoms with Crippen molar-refractivity contribution in [1.82, 2.24) is 0 Å². The van der Waals surface area contributed by atoms with Crippen LogP contribution < -0.4 is 0 Å². The van der Waals surface area contributed by atoms with Crippen LogP contribution in [0.5, 0.6) is 0 Å². The molecule has 0 radical (unpaired) electrons. The molecule has 0 bridgehead atoms. The van der Waals surface area contributed by atoms with Crippen molar-refractivity contribution < 1.29 is 13.6 Å². The molecule has 0 unspecified atom stereocenters. The molecule has 1 aliphatic carbocycles. The first-order chi connectivity index (χ1) is 12.0. The number of ketones is 1. The number of carbonyl (C=O) groups is 1. The molecule has 1 saturated carbocycles. The van der Waals surface area contributed by atoms with Gasteiger partial charge in [0.05, 0.1) is 12.2 Å². The zero-order chi connectivity index (χ0) is 21.3. The minimum Gasteiger partial charge on any atom is -0.410 e. The summed E-state index contributed by atoms with van der Waals surface area (Å²) in [4.78, 5) is 12.6. The normalized spacial score (nSPS) is 22.9. The van der Waals surface area contributed by atoms with Gasteiger partial charge in [-0.05, 0) is 48.3 Å². The summed E-state index contributed by atoms with van der Waals surface area (Å²) in [6, 6.07) is 0. The van der Waals surface area contributed by atoms with Crippen LogP contribution in [0.2, 0.25) is 36.3 Å². The lowest BCUT2D eigenvalue weighted by Crippen LogP contribution is -2.51. The van der Waals surface area contributed by atoms with Gasteiger partial charge in [-0.15, -0.1) is 0 Å². The SMILES string of the molecule is CCCC=C1[C@H](O[Si](C)(C)C(C)(C)C)CC(=O)C[C@H]1O[Si](C)(C)C(C)(C)C. The summed E-state index contributed by atoms with van der Waals surface area (Å²) in [5.74, 6) is 0.274. The number of carbonyl (C=O) groups excluding carboxylic acids is 1. The number of hydrogen-bond acceptors (Lipinski definition) is 3. The van der Waals surface area contributed by atoms with E-state index in [-0.39, 0.29) is 28.1 Å². The van der Waals surface area contributed by atoms with E-state index in [1.54, 1.807) is 0 Å². The molecular weight excluding hydrogens is 368 g/mol. The van der Waals surface area contributed by atoms with Gasteiger partial charge in [-0.2, -0.15) is 0 Å². The topological polar surface area (TPSA) is 35.5 Å². The summed E-state index contributed by atoms with van der Waals surface area (Å²) < 4.78 is 13.5. The van der Waals surface area contributed by atoms with Crippen LogP contribution >= 0.6 is 0 Å². The number of rotatable bonds is 6. The molecule has 0 aliphatic heterocycles. The van der Waals surface area contributed by atoms with Crippen LogP contribution in [0, 0.1) is 0 Å². The van der Waals surface area contributed by atoms with Crippen molar-refractivity contribution in [2.24, 2.45) is 0 Å². The monoisotopic (exact) mass is 412 g/mol. The van der Waals surface area contributed by atoms with Gasteiger partial charge in [-0.25, -0.2) is 0 Å². The Balaban J connectivity index is 3.22. The zero-order valence-corrected chi connectivity index (χ0v) is 21.8. The van der Waals surface area contributed by atoms with E-state index in [0.717, 1.165) is 12.8 Å². The van der Waals surface area contributed by atoms with E-state index >= 15 is 0 Å². The number of unbranched alkanes of at least 4 members (excludes halogenated alkanes) is 1. The van der Waals surface area contributed by atoms with Gasteiger partial charge in [-0.1, -0.05) is 61.0 Å². The van der Waals surface area contributed by atoms with E-state index in [1.807, 2.05) is 0 Å². The van der Waals surface area contributed by atoms with Crippen LogP contribution in [-0.2, 0) is 13.6 Å². The van der Waals surface area contributed by atoms with E-state index < -0.39 is 16.6 Å².